The van der Waals surface area contributed by atoms with Gasteiger partial charge in [0.15, 0.2) is 0 Å². The summed E-state index contributed by atoms with van der Waals surface area (Å²) in [6.45, 7) is 8.65. The summed E-state index contributed by atoms with van der Waals surface area (Å²) < 4.78 is 33.7. The lowest BCUT2D eigenvalue weighted by atomic mass is 10.1. The average Bonchev–Trinajstić information content (AvgIpc) is 2.37. The van der Waals surface area contributed by atoms with Gasteiger partial charge in [-0.15, -0.1) is 0 Å². The van der Waals surface area contributed by atoms with Crippen LogP contribution in [0.5, 0.6) is 0 Å². The number of hydrogen-bond acceptors (Lipinski definition) is 3. The van der Waals surface area contributed by atoms with Crippen molar-refractivity contribution in [2.24, 2.45) is 5.92 Å². The third-order valence-corrected chi connectivity index (χ3v) is 5.43. The molecule has 0 saturated heterocycles. The molecule has 0 amide bonds. The van der Waals surface area contributed by atoms with Gasteiger partial charge in [0.25, 0.3) is 0 Å². The van der Waals surface area contributed by atoms with E-state index in [-0.39, 0.29) is 16.9 Å². The molecule has 0 aliphatic carbocycles. The van der Waals surface area contributed by atoms with E-state index in [9.17, 15) is 8.42 Å². The zero-order valence-corrected chi connectivity index (χ0v) is 14.7. The molecule has 0 aromatic heterocycles. The molecular weight excluding hydrogens is 342 g/mol. The van der Waals surface area contributed by atoms with Gasteiger partial charge in [-0.05, 0) is 43.5 Å². The van der Waals surface area contributed by atoms with Gasteiger partial charge in [-0.25, -0.2) is 13.1 Å². The number of benzene rings is 1. The van der Waals surface area contributed by atoms with Crippen LogP contribution < -0.4 is 4.72 Å². The van der Waals surface area contributed by atoms with Crippen LogP contribution in [0.15, 0.2) is 27.6 Å². The summed E-state index contributed by atoms with van der Waals surface area (Å²) in [4.78, 5) is 0.278. The first kappa shape index (κ1) is 17.6. The highest BCUT2D eigenvalue weighted by Gasteiger charge is 2.22. The Hall–Kier alpha value is -0.430. The molecule has 0 aliphatic rings. The summed E-state index contributed by atoms with van der Waals surface area (Å²) >= 11 is 3.37. The van der Waals surface area contributed by atoms with Gasteiger partial charge in [0.2, 0.25) is 10.0 Å². The lowest BCUT2D eigenvalue weighted by Crippen LogP contribution is -2.41. The largest absolute Gasteiger partial charge is 0.380 e. The van der Waals surface area contributed by atoms with E-state index in [4.69, 9.17) is 4.74 Å². The van der Waals surface area contributed by atoms with Gasteiger partial charge < -0.3 is 4.74 Å². The molecule has 4 nitrogen and oxygen atoms in total. The first-order chi connectivity index (χ1) is 9.27. The van der Waals surface area contributed by atoms with Crippen molar-refractivity contribution < 1.29 is 13.2 Å². The third-order valence-electron chi connectivity index (χ3n) is 3.05. The van der Waals surface area contributed by atoms with Crippen molar-refractivity contribution in [2.75, 3.05) is 13.2 Å². The number of sulfonamides is 1. The molecule has 1 unspecified atom stereocenters. The van der Waals surface area contributed by atoms with E-state index in [2.05, 4.69) is 20.7 Å². The van der Waals surface area contributed by atoms with Crippen LogP contribution in [-0.4, -0.2) is 27.7 Å². The van der Waals surface area contributed by atoms with Crippen molar-refractivity contribution in [3.8, 4) is 0 Å². The monoisotopic (exact) mass is 363 g/mol. The molecule has 0 aliphatic heterocycles. The number of ether oxygens (including phenoxy) is 1. The quantitative estimate of drug-likeness (QED) is 0.809. The summed E-state index contributed by atoms with van der Waals surface area (Å²) in [7, 11) is -3.53. The van der Waals surface area contributed by atoms with Crippen molar-refractivity contribution in [1.29, 1.82) is 0 Å². The number of nitrogens with one attached hydrogen (secondary N) is 1. The summed E-state index contributed by atoms with van der Waals surface area (Å²) in [5, 5.41) is 0. The first-order valence-corrected chi connectivity index (χ1v) is 8.91. The second-order valence-electron chi connectivity index (χ2n) is 5.04. The molecule has 1 rings (SSSR count). The molecule has 20 heavy (non-hydrogen) atoms. The number of aryl methyl sites for hydroxylation is 1. The molecule has 1 atom stereocenters. The Bertz CT molecular complexity index is 543. The van der Waals surface area contributed by atoms with Gasteiger partial charge >= 0.3 is 0 Å². The number of hydrogen-bond donors (Lipinski definition) is 1. The van der Waals surface area contributed by atoms with Crippen molar-refractivity contribution in [3.63, 3.8) is 0 Å². The zero-order valence-electron chi connectivity index (χ0n) is 12.3. The van der Waals surface area contributed by atoms with Crippen LogP contribution in [0.2, 0.25) is 0 Å². The third kappa shape index (κ3) is 4.84. The van der Waals surface area contributed by atoms with E-state index in [1.165, 1.54) is 0 Å². The predicted molar refractivity (Wildman–Crippen MR) is 84.3 cm³/mol. The van der Waals surface area contributed by atoms with Crippen LogP contribution in [0, 0.1) is 12.8 Å². The van der Waals surface area contributed by atoms with E-state index in [1.807, 2.05) is 27.7 Å². The molecule has 114 valence electrons. The van der Waals surface area contributed by atoms with Gasteiger partial charge in [-0.3, -0.25) is 0 Å². The van der Waals surface area contributed by atoms with E-state index in [0.717, 1.165) is 10.0 Å². The maximum atomic E-state index is 12.4. The fourth-order valence-corrected chi connectivity index (χ4v) is 3.36. The Morgan fingerprint density at radius 1 is 1.35 bits per heavy atom. The number of halogens is 1. The summed E-state index contributed by atoms with van der Waals surface area (Å²) in [5.41, 5.74) is 0.888. The molecule has 0 saturated carbocycles. The molecule has 6 heteroatoms. The Kier molecular flexibility index (Phi) is 6.64. The smallest absolute Gasteiger partial charge is 0.240 e. The van der Waals surface area contributed by atoms with Gasteiger partial charge in [0.05, 0.1) is 11.5 Å². The highest BCUT2D eigenvalue weighted by Crippen LogP contribution is 2.20. The summed E-state index contributed by atoms with van der Waals surface area (Å²) in [6.07, 6.45) is 0. The molecule has 1 aromatic carbocycles. The fourth-order valence-electron chi connectivity index (χ4n) is 1.66. The van der Waals surface area contributed by atoms with Crippen molar-refractivity contribution in [3.05, 3.63) is 28.2 Å². The Labute approximate surface area is 130 Å². The highest BCUT2D eigenvalue weighted by atomic mass is 79.9. The molecule has 0 bridgehead atoms. The first-order valence-electron chi connectivity index (χ1n) is 6.64. The van der Waals surface area contributed by atoms with Crippen LogP contribution >= 0.6 is 15.9 Å². The molecule has 0 heterocycles. The molecule has 1 N–H and O–H groups in total. The van der Waals surface area contributed by atoms with Crippen LogP contribution in [0.4, 0.5) is 0 Å². The lowest BCUT2D eigenvalue weighted by Gasteiger charge is -2.22. The van der Waals surface area contributed by atoms with Crippen LogP contribution in [-0.2, 0) is 14.8 Å². The highest BCUT2D eigenvalue weighted by molar-refractivity contribution is 9.10. The van der Waals surface area contributed by atoms with Crippen LogP contribution in [0.25, 0.3) is 0 Å². The second-order valence-corrected chi connectivity index (χ2v) is 7.61. The maximum Gasteiger partial charge on any atom is 0.240 e. The zero-order chi connectivity index (χ0) is 15.3. The van der Waals surface area contributed by atoms with E-state index in [0.29, 0.717) is 13.2 Å². The van der Waals surface area contributed by atoms with Crippen molar-refractivity contribution in [1.82, 2.24) is 4.72 Å². The van der Waals surface area contributed by atoms with E-state index < -0.39 is 10.0 Å². The summed E-state index contributed by atoms with van der Waals surface area (Å²) in [5.74, 6) is 0.160. The lowest BCUT2D eigenvalue weighted by molar-refractivity contribution is 0.116. The molecule has 0 fully saturated rings. The molecule has 1 aromatic rings. The minimum Gasteiger partial charge on any atom is -0.380 e. The van der Waals surface area contributed by atoms with Gasteiger partial charge in [-0.2, -0.15) is 0 Å². The van der Waals surface area contributed by atoms with Crippen molar-refractivity contribution in [2.45, 2.75) is 38.6 Å². The standard InChI is InChI=1S/C14H22BrNO3S/c1-5-19-9-14(10(2)3)16-20(17,18)12-6-7-13(15)11(4)8-12/h6-8,10,14,16H,5,9H2,1-4H3. The van der Waals surface area contributed by atoms with Crippen LogP contribution in [0.1, 0.15) is 26.3 Å². The fraction of sp³-hybridized carbons (Fsp3) is 0.571. The Morgan fingerprint density at radius 2 is 2.00 bits per heavy atom. The van der Waals surface area contributed by atoms with Crippen LogP contribution in [0.3, 0.4) is 0 Å². The van der Waals surface area contributed by atoms with E-state index in [1.54, 1.807) is 18.2 Å². The van der Waals surface area contributed by atoms with Crippen molar-refractivity contribution >= 4 is 26.0 Å². The second kappa shape index (κ2) is 7.54. The minimum absolute atomic E-state index is 0.160. The topological polar surface area (TPSA) is 55.4 Å². The molecule has 0 radical (unpaired) electrons. The predicted octanol–water partition coefficient (Wildman–Crippen LogP) is 3.10. The Morgan fingerprint density at radius 3 is 2.50 bits per heavy atom. The van der Waals surface area contributed by atoms with Gasteiger partial charge in [0, 0.05) is 17.1 Å². The summed E-state index contributed by atoms with van der Waals surface area (Å²) in [6, 6.07) is 4.77. The SMILES string of the molecule is CCOCC(NS(=O)(=O)c1ccc(Br)c(C)c1)C(C)C. The Balaban J connectivity index is 2.94. The normalized spacial score (nSPS) is 13.7. The average molecular weight is 364 g/mol. The van der Waals surface area contributed by atoms with Gasteiger partial charge in [0.1, 0.15) is 0 Å². The van der Waals surface area contributed by atoms with E-state index >= 15 is 0 Å². The maximum absolute atomic E-state index is 12.4. The number of rotatable bonds is 7. The molecular formula is C14H22BrNO3S. The molecule has 0 spiro atoms. The van der Waals surface area contributed by atoms with Gasteiger partial charge in [-0.1, -0.05) is 29.8 Å². The minimum atomic E-state index is -3.53.